The number of hydrogen-bond acceptors (Lipinski definition) is 4. The van der Waals surface area contributed by atoms with Gasteiger partial charge in [-0.15, -0.1) is 0 Å². The lowest BCUT2D eigenvalue weighted by Gasteiger charge is -2.10. The topological polar surface area (TPSA) is 59.0 Å². The Morgan fingerprint density at radius 3 is 2.45 bits per heavy atom. The summed E-state index contributed by atoms with van der Waals surface area (Å²) < 4.78 is 4.33. The molecule has 1 amide bonds. The second-order valence-corrected chi connectivity index (χ2v) is 1.70. The van der Waals surface area contributed by atoms with Gasteiger partial charge in [0.05, 0.1) is 20.3 Å². The van der Waals surface area contributed by atoms with Gasteiger partial charge in [0, 0.05) is 7.05 Å². The molecule has 0 aromatic heterocycles. The molecule has 0 aliphatic rings. The molecule has 5 heteroatoms. The highest BCUT2D eigenvalue weighted by molar-refractivity contribution is 5.86. The number of methoxy groups -OCH3 is 1. The van der Waals surface area contributed by atoms with E-state index in [0.29, 0.717) is 0 Å². The molecular formula is C6H11NO4. The standard InChI is InChI=1S/C6H11NO4/c1-7(11-3)5(8)4-6(9)10-2/h4,9H,1-3H3/b6-4+. The minimum absolute atomic E-state index is 0.445. The SMILES string of the molecule is CO/C(O)=C/C(=O)N(C)OC. The second kappa shape index (κ2) is 4.56. The summed E-state index contributed by atoms with van der Waals surface area (Å²) in [6.07, 6.45) is 0.906. The molecule has 0 heterocycles. The van der Waals surface area contributed by atoms with Gasteiger partial charge >= 0.3 is 0 Å². The molecule has 0 fully saturated rings. The third-order valence-electron chi connectivity index (χ3n) is 1.04. The van der Waals surface area contributed by atoms with Crippen molar-refractivity contribution in [1.29, 1.82) is 0 Å². The zero-order valence-electron chi connectivity index (χ0n) is 6.70. The number of amides is 1. The first kappa shape index (κ1) is 9.77. The first-order chi connectivity index (χ1) is 5.11. The van der Waals surface area contributed by atoms with E-state index in [-0.39, 0.29) is 0 Å². The van der Waals surface area contributed by atoms with Crippen LogP contribution in [0.1, 0.15) is 0 Å². The first-order valence-electron chi connectivity index (χ1n) is 2.88. The third kappa shape index (κ3) is 3.47. The van der Waals surface area contributed by atoms with Crippen LogP contribution in [0.5, 0.6) is 0 Å². The number of carbonyl (C=O) groups is 1. The lowest BCUT2D eigenvalue weighted by molar-refractivity contribution is -0.163. The van der Waals surface area contributed by atoms with Crippen molar-refractivity contribution in [1.82, 2.24) is 5.06 Å². The summed E-state index contributed by atoms with van der Waals surface area (Å²) in [5, 5.41) is 9.66. The van der Waals surface area contributed by atoms with Crippen molar-refractivity contribution in [2.24, 2.45) is 0 Å². The van der Waals surface area contributed by atoms with Gasteiger partial charge in [-0.2, -0.15) is 0 Å². The lowest BCUT2D eigenvalue weighted by atomic mass is 10.5. The van der Waals surface area contributed by atoms with Gasteiger partial charge in [-0.3, -0.25) is 9.63 Å². The van der Waals surface area contributed by atoms with Crippen LogP contribution in [0.15, 0.2) is 12.0 Å². The minimum Gasteiger partial charge on any atom is -0.481 e. The predicted molar refractivity (Wildman–Crippen MR) is 37.5 cm³/mol. The fourth-order valence-electron chi connectivity index (χ4n) is 0.345. The van der Waals surface area contributed by atoms with Gasteiger partial charge in [-0.1, -0.05) is 0 Å². The van der Waals surface area contributed by atoms with Crippen molar-refractivity contribution >= 4 is 5.91 Å². The van der Waals surface area contributed by atoms with Gasteiger partial charge in [-0.25, -0.2) is 5.06 Å². The largest absolute Gasteiger partial charge is 0.481 e. The molecule has 0 bridgehead atoms. The fraction of sp³-hybridized carbons (Fsp3) is 0.500. The molecule has 0 aromatic rings. The molecule has 0 aliphatic carbocycles. The monoisotopic (exact) mass is 161 g/mol. The Kier molecular flexibility index (Phi) is 4.05. The van der Waals surface area contributed by atoms with E-state index in [0.717, 1.165) is 11.1 Å². The number of hydrogen-bond donors (Lipinski definition) is 1. The van der Waals surface area contributed by atoms with Crippen molar-refractivity contribution in [3.05, 3.63) is 12.0 Å². The number of carbonyl (C=O) groups excluding carboxylic acids is 1. The predicted octanol–water partition coefficient (Wildman–Crippen LogP) is 0.0520. The van der Waals surface area contributed by atoms with Crippen LogP contribution in [-0.2, 0) is 14.4 Å². The van der Waals surface area contributed by atoms with Crippen LogP contribution in [0.2, 0.25) is 0 Å². The van der Waals surface area contributed by atoms with Crippen LogP contribution < -0.4 is 0 Å². The molecule has 0 saturated carbocycles. The lowest BCUT2D eigenvalue weighted by Crippen LogP contribution is -2.23. The average Bonchev–Trinajstić information content (AvgIpc) is 2.02. The summed E-state index contributed by atoms with van der Waals surface area (Å²) >= 11 is 0. The molecule has 11 heavy (non-hydrogen) atoms. The molecular weight excluding hydrogens is 150 g/mol. The smallest absolute Gasteiger partial charge is 0.282 e. The molecule has 0 saturated heterocycles. The Morgan fingerprint density at radius 1 is 1.55 bits per heavy atom. The first-order valence-corrected chi connectivity index (χ1v) is 2.88. The van der Waals surface area contributed by atoms with E-state index in [1.165, 1.54) is 21.3 Å². The Morgan fingerprint density at radius 2 is 2.09 bits per heavy atom. The van der Waals surface area contributed by atoms with E-state index in [9.17, 15) is 4.79 Å². The Hall–Kier alpha value is -1.23. The van der Waals surface area contributed by atoms with Gasteiger partial charge in [0.2, 0.25) is 0 Å². The summed E-state index contributed by atoms with van der Waals surface area (Å²) in [7, 11) is 4.02. The average molecular weight is 161 g/mol. The summed E-state index contributed by atoms with van der Waals surface area (Å²) in [5.41, 5.74) is 0. The van der Waals surface area contributed by atoms with E-state index in [2.05, 4.69) is 9.57 Å². The van der Waals surface area contributed by atoms with Crippen LogP contribution in [0, 0.1) is 0 Å². The Balaban J connectivity index is 4.05. The number of hydroxylamine groups is 2. The molecule has 64 valence electrons. The highest BCUT2D eigenvalue weighted by atomic mass is 16.7. The van der Waals surface area contributed by atoms with Crippen LogP contribution in [0.25, 0.3) is 0 Å². The molecule has 1 N–H and O–H groups in total. The maximum absolute atomic E-state index is 10.8. The summed E-state index contributed by atoms with van der Waals surface area (Å²) in [6, 6.07) is 0. The zero-order valence-corrected chi connectivity index (χ0v) is 6.70. The maximum atomic E-state index is 10.8. The molecule has 0 unspecified atom stereocenters. The zero-order chi connectivity index (χ0) is 8.85. The molecule has 0 atom stereocenters. The molecule has 5 nitrogen and oxygen atoms in total. The highest BCUT2D eigenvalue weighted by Crippen LogP contribution is 1.92. The van der Waals surface area contributed by atoms with E-state index >= 15 is 0 Å². The van der Waals surface area contributed by atoms with E-state index in [1.54, 1.807) is 0 Å². The second-order valence-electron chi connectivity index (χ2n) is 1.70. The molecule has 0 spiro atoms. The van der Waals surface area contributed by atoms with E-state index in [1.807, 2.05) is 0 Å². The van der Waals surface area contributed by atoms with E-state index < -0.39 is 11.9 Å². The molecule has 0 rings (SSSR count). The maximum Gasteiger partial charge on any atom is 0.282 e. The quantitative estimate of drug-likeness (QED) is 0.361. The van der Waals surface area contributed by atoms with Gasteiger partial charge in [0.1, 0.15) is 0 Å². The van der Waals surface area contributed by atoms with Gasteiger partial charge < -0.3 is 9.84 Å². The van der Waals surface area contributed by atoms with Gasteiger partial charge in [-0.05, 0) is 0 Å². The van der Waals surface area contributed by atoms with E-state index in [4.69, 9.17) is 5.11 Å². The van der Waals surface area contributed by atoms with Crippen molar-refractivity contribution in [2.45, 2.75) is 0 Å². The van der Waals surface area contributed by atoms with Crippen molar-refractivity contribution in [3.8, 4) is 0 Å². The van der Waals surface area contributed by atoms with Gasteiger partial charge in [0.15, 0.2) is 0 Å². The summed E-state index contributed by atoms with van der Waals surface area (Å²) in [5.74, 6) is -0.939. The van der Waals surface area contributed by atoms with Gasteiger partial charge in [0.25, 0.3) is 11.9 Å². The normalized spacial score (nSPS) is 11.0. The Labute approximate surface area is 64.8 Å². The fourth-order valence-corrected chi connectivity index (χ4v) is 0.345. The molecule has 0 radical (unpaired) electrons. The van der Waals surface area contributed by atoms with Crippen LogP contribution in [0.4, 0.5) is 0 Å². The third-order valence-corrected chi connectivity index (χ3v) is 1.04. The minimum atomic E-state index is -0.494. The number of nitrogens with zero attached hydrogens (tertiary/aromatic N) is 1. The number of aliphatic hydroxyl groups is 1. The van der Waals surface area contributed by atoms with Crippen LogP contribution >= 0.6 is 0 Å². The number of rotatable bonds is 3. The summed E-state index contributed by atoms with van der Waals surface area (Å²) in [6.45, 7) is 0. The number of aliphatic hydroxyl groups excluding tert-OH is 1. The van der Waals surface area contributed by atoms with Crippen molar-refractivity contribution in [3.63, 3.8) is 0 Å². The molecule has 0 aromatic carbocycles. The molecule has 0 aliphatic heterocycles. The Bertz CT molecular complexity index is 166. The van der Waals surface area contributed by atoms with Crippen molar-refractivity contribution < 1.29 is 19.5 Å². The van der Waals surface area contributed by atoms with Crippen LogP contribution in [-0.4, -0.2) is 37.3 Å². The number of likely N-dealkylation sites (N-methyl/N-ethyl adjacent to an activating group) is 1. The van der Waals surface area contributed by atoms with Crippen molar-refractivity contribution in [2.75, 3.05) is 21.3 Å². The number of ether oxygens (including phenoxy) is 1. The summed E-state index contributed by atoms with van der Waals surface area (Å²) in [4.78, 5) is 15.4. The highest BCUT2D eigenvalue weighted by Gasteiger charge is 2.05. The van der Waals surface area contributed by atoms with Crippen LogP contribution in [0.3, 0.4) is 0 Å².